The summed E-state index contributed by atoms with van der Waals surface area (Å²) in [7, 11) is 1.73. The summed E-state index contributed by atoms with van der Waals surface area (Å²) in [6.07, 6.45) is 2.06. The third-order valence-corrected chi connectivity index (χ3v) is 4.52. The molecule has 7 heteroatoms. The molecule has 2 aliphatic rings. The summed E-state index contributed by atoms with van der Waals surface area (Å²) in [5.41, 5.74) is 0.296. The average Bonchev–Trinajstić information content (AvgIpc) is 3.31. The number of carbonyl (C=O) groups excluding carboxylic acids is 3. The Morgan fingerprint density at radius 3 is 2.64 bits per heavy atom. The standard InChI is InChI=1S/C18H24N4O3/c1-18(2)17(25)20-13-6-4-5-7-14(13)22(18)16(24)11-21(3)10-15(23)19-12-8-9-12/h4-7,12H,8-11H2,1-3H3,(H,19,23)(H,20,25). The highest BCUT2D eigenvalue weighted by atomic mass is 16.2. The van der Waals surface area contributed by atoms with Crippen molar-refractivity contribution in [2.24, 2.45) is 0 Å². The molecule has 1 saturated carbocycles. The van der Waals surface area contributed by atoms with Gasteiger partial charge in [-0.2, -0.15) is 0 Å². The highest BCUT2D eigenvalue weighted by molar-refractivity contribution is 6.14. The number of nitrogens with zero attached hydrogens (tertiary/aromatic N) is 2. The van der Waals surface area contributed by atoms with E-state index in [0.29, 0.717) is 17.4 Å². The van der Waals surface area contributed by atoms with E-state index in [0.717, 1.165) is 12.8 Å². The van der Waals surface area contributed by atoms with Crippen LogP contribution in [-0.4, -0.2) is 54.3 Å². The Hall–Kier alpha value is -2.41. The highest BCUT2D eigenvalue weighted by Crippen LogP contribution is 2.36. The van der Waals surface area contributed by atoms with Crippen LogP contribution in [0.4, 0.5) is 11.4 Å². The molecule has 3 rings (SSSR count). The molecule has 1 aliphatic heterocycles. The summed E-state index contributed by atoms with van der Waals surface area (Å²) >= 11 is 0. The Morgan fingerprint density at radius 2 is 1.96 bits per heavy atom. The van der Waals surface area contributed by atoms with Crippen molar-refractivity contribution in [2.45, 2.75) is 38.3 Å². The van der Waals surface area contributed by atoms with Crippen LogP contribution in [0.1, 0.15) is 26.7 Å². The molecule has 0 unspecified atom stereocenters. The Morgan fingerprint density at radius 1 is 1.28 bits per heavy atom. The minimum Gasteiger partial charge on any atom is -0.352 e. The molecule has 0 radical (unpaired) electrons. The molecule has 0 saturated heterocycles. The van der Waals surface area contributed by atoms with Crippen LogP contribution in [0.15, 0.2) is 24.3 Å². The second-order valence-corrected chi connectivity index (χ2v) is 7.27. The van der Waals surface area contributed by atoms with Crippen molar-refractivity contribution in [1.82, 2.24) is 10.2 Å². The van der Waals surface area contributed by atoms with Crippen molar-refractivity contribution in [3.8, 4) is 0 Å². The molecule has 2 N–H and O–H groups in total. The first-order valence-corrected chi connectivity index (χ1v) is 8.50. The van der Waals surface area contributed by atoms with Crippen molar-refractivity contribution in [1.29, 1.82) is 0 Å². The quantitative estimate of drug-likeness (QED) is 0.834. The third-order valence-electron chi connectivity index (χ3n) is 4.52. The van der Waals surface area contributed by atoms with Gasteiger partial charge in [0.25, 0.3) is 0 Å². The first kappa shape index (κ1) is 17.4. The van der Waals surface area contributed by atoms with E-state index in [1.54, 1.807) is 31.9 Å². The fraction of sp³-hybridized carbons (Fsp3) is 0.500. The lowest BCUT2D eigenvalue weighted by molar-refractivity contribution is -0.128. The maximum absolute atomic E-state index is 12.9. The number of amides is 3. The van der Waals surface area contributed by atoms with Gasteiger partial charge in [0, 0.05) is 6.04 Å². The normalized spacial score (nSPS) is 18.6. The number of carbonyl (C=O) groups is 3. The molecule has 0 atom stereocenters. The molecule has 134 valence electrons. The number of para-hydroxylation sites is 2. The monoisotopic (exact) mass is 344 g/mol. The SMILES string of the molecule is CN(CC(=O)NC1CC1)CC(=O)N1c2ccccc2NC(=O)C1(C)C. The van der Waals surface area contributed by atoms with Crippen LogP contribution in [-0.2, 0) is 14.4 Å². The van der Waals surface area contributed by atoms with Crippen molar-refractivity contribution in [2.75, 3.05) is 30.4 Å². The number of rotatable bonds is 5. The summed E-state index contributed by atoms with van der Waals surface area (Å²) in [6, 6.07) is 7.53. The second-order valence-electron chi connectivity index (χ2n) is 7.27. The lowest BCUT2D eigenvalue weighted by Gasteiger charge is -2.42. The van der Waals surface area contributed by atoms with Crippen molar-refractivity contribution >= 4 is 29.1 Å². The van der Waals surface area contributed by atoms with E-state index in [-0.39, 0.29) is 30.8 Å². The lowest BCUT2D eigenvalue weighted by atomic mass is 9.96. The molecule has 0 spiro atoms. The van der Waals surface area contributed by atoms with Crippen LogP contribution in [0.25, 0.3) is 0 Å². The molecule has 1 aromatic carbocycles. The van der Waals surface area contributed by atoms with Gasteiger partial charge in [-0.3, -0.25) is 24.2 Å². The van der Waals surface area contributed by atoms with Gasteiger partial charge in [0.1, 0.15) is 5.54 Å². The van der Waals surface area contributed by atoms with E-state index in [2.05, 4.69) is 10.6 Å². The van der Waals surface area contributed by atoms with E-state index in [1.165, 1.54) is 4.90 Å². The number of benzene rings is 1. The average molecular weight is 344 g/mol. The van der Waals surface area contributed by atoms with Crippen molar-refractivity contribution in [3.05, 3.63) is 24.3 Å². The summed E-state index contributed by atoms with van der Waals surface area (Å²) in [5, 5.41) is 5.75. The number of anilines is 2. The summed E-state index contributed by atoms with van der Waals surface area (Å²) < 4.78 is 0. The smallest absolute Gasteiger partial charge is 0.250 e. The van der Waals surface area contributed by atoms with Gasteiger partial charge in [-0.05, 0) is 45.9 Å². The predicted molar refractivity (Wildman–Crippen MR) is 95.3 cm³/mol. The molecular formula is C18H24N4O3. The summed E-state index contributed by atoms with van der Waals surface area (Å²) in [5.74, 6) is -0.517. The van der Waals surface area contributed by atoms with Gasteiger partial charge >= 0.3 is 0 Å². The summed E-state index contributed by atoms with van der Waals surface area (Å²) in [6.45, 7) is 3.65. The second kappa shape index (κ2) is 6.48. The molecule has 3 amide bonds. The minimum absolute atomic E-state index is 0.0587. The predicted octanol–water partition coefficient (Wildman–Crippen LogP) is 0.961. The lowest BCUT2D eigenvalue weighted by Crippen LogP contribution is -2.60. The Balaban J connectivity index is 1.73. The van der Waals surface area contributed by atoms with Gasteiger partial charge in [0.2, 0.25) is 17.7 Å². The largest absolute Gasteiger partial charge is 0.352 e. The molecule has 25 heavy (non-hydrogen) atoms. The van der Waals surface area contributed by atoms with Gasteiger partial charge in [-0.25, -0.2) is 0 Å². The fourth-order valence-electron chi connectivity index (χ4n) is 3.00. The Bertz CT molecular complexity index is 712. The maximum Gasteiger partial charge on any atom is 0.250 e. The van der Waals surface area contributed by atoms with Crippen LogP contribution in [0.2, 0.25) is 0 Å². The fourth-order valence-corrected chi connectivity index (χ4v) is 3.00. The molecule has 7 nitrogen and oxygen atoms in total. The van der Waals surface area contributed by atoms with Crippen molar-refractivity contribution < 1.29 is 14.4 Å². The number of fused-ring (bicyclic) bond motifs is 1. The molecule has 1 aromatic rings. The summed E-state index contributed by atoms with van der Waals surface area (Å²) in [4.78, 5) is 40.4. The van der Waals surface area contributed by atoms with Crippen LogP contribution < -0.4 is 15.5 Å². The number of nitrogens with one attached hydrogen (secondary N) is 2. The zero-order chi connectivity index (χ0) is 18.2. The zero-order valence-corrected chi connectivity index (χ0v) is 14.8. The molecule has 1 heterocycles. The van der Waals surface area contributed by atoms with Crippen molar-refractivity contribution in [3.63, 3.8) is 0 Å². The van der Waals surface area contributed by atoms with E-state index >= 15 is 0 Å². The molecule has 1 aliphatic carbocycles. The first-order valence-electron chi connectivity index (χ1n) is 8.50. The zero-order valence-electron chi connectivity index (χ0n) is 14.8. The maximum atomic E-state index is 12.9. The Kier molecular flexibility index (Phi) is 4.51. The Labute approximate surface area is 147 Å². The van der Waals surface area contributed by atoms with E-state index in [9.17, 15) is 14.4 Å². The van der Waals surface area contributed by atoms with Crippen LogP contribution in [0, 0.1) is 0 Å². The van der Waals surface area contributed by atoms with Crippen LogP contribution >= 0.6 is 0 Å². The van der Waals surface area contributed by atoms with E-state index in [4.69, 9.17) is 0 Å². The van der Waals surface area contributed by atoms with Crippen LogP contribution in [0.5, 0.6) is 0 Å². The van der Waals surface area contributed by atoms with Gasteiger partial charge in [-0.15, -0.1) is 0 Å². The highest BCUT2D eigenvalue weighted by Gasteiger charge is 2.43. The molecule has 0 bridgehead atoms. The van der Waals surface area contributed by atoms with Crippen LogP contribution in [0.3, 0.4) is 0 Å². The van der Waals surface area contributed by atoms with Gasteiger partial charge < -0.3 is 10.6 Å². The first-order chi connectivity index (χ1) is 11.8. The third kappa shape index (κ3) is 3.66. The molecular weight excluding hydrogens is 320 g/mol. The van der Waals surface area contributed by atoms with Gasteiger partial charge in [0.05, 0.1) is 24.5 Å². The number of hydrogen-bond acceptors (Lipinski definition) is 4. The topological polar surface area (TPSA) is 81.8 Å². The minimum atomic E-state index is -0.997. The van der Waals surface area contributed by atoms with Gasteiger partial charge in [0.15, 0.2) is 0 Å². The number of likely N-dealkylation sites (N-methyl/N-ethyl adjacent to an activating group) is 1. The molecule has 0 aromatic heterocycles. The number of hydrogen-bond donors (Lipinski definition) is 2. The van der Waals surface area contributed by atoms with Gasteiger partial charge in [-0.1, -0.05) is 12.1 Å². The van der Waals surface area contributed by atoms with E-state index < -0.39 is 5.54 Å². The molecule has 1 fully saturated rings. The van der Waals surface area contributed by atoms with E-state index in [1.807, 2.05) is 18.2 Å².